The second-order valence-electron chi connectivity index (χ2n) is 5.43. The number of fused-ring (bicyclic) bond motifs is 1. The Morgan fingerprint density at radius 2 is 2.28 bits per heavy atom. The van der Waals surface area contributed by atoms with Crippen molar-refractivity contribution in [1.29, 1.82) is 0 Å². The first-order valence-corrected chi connectivity index (χ1v) is 7.81. The van der Waals surface area contributed by atoms with Gasteiger partial charge in [0.1, 0.15) is 0 Å². The van der Waals surface area contributed by atoms with Crippen molar-refractivity contribution in [2.24, 2.45) is 11.7 Å². The van der Waals surface area contributed by atoms with Gasteiger partial charge in [0.2, 0.25) is 0 Å². The number of nitrogens with zero attached hydrogens (tertiary/aromatic N) is 1. The molecule has 2 N–H and O–H groups in total. The molecule has 1 unspecified atom stereocenters. The summed E-state index contributed by atoms with van der Waals surface area (Å²) in [4.78, 5) is 3.86. The Morgan fingerprint density at radius 3 is 3.06 bits per heavy atom. The van der Waals surface area contributed by atoms with Crippen molar-refractivity contribution in [3.05, 3.63) is 29.3 Å². The standard InChI is InChI=1S/C15H24N2S/c1-12(9-16)10-17(2)11-13-5-6-15-14(8-13)4-3-7-18-15/h5-6,8,12H,3-4,7,9-11,16H2,1-2H3. The van der Waals surface area contributed by atoms with E-state index in [4.69, 9.17) is 5.73 Å². The molecule has 100 valence electrons. The molecule has 1 aliphatic heterocycles. The predicted octanol–water partition coefficient (Wildman–Crippen LogP) is 2.75. The first-order chi connectivity index (χ1) is 8.69. The highest BCUT2D eigenvalue weighted by Gasteiger charge is 2.11. The van der Waals surface area contributed by atoms with E-state index >= 15 is 0 Å². The minimum absolute atomic E-state index is 0.572. The number of nitrogens with two attached hydrogens (primary N) is 1. The molecule has 18 heavy (non-hydrogen) atoms. The molecule has 0 aromatic heterocycles. The van der Waals surface area contributed by atoms with Crippen LogP contribution >= 0.6 is 11.8 Å². The summed E-state index contributed by atoms with van der Waals surface area (Å²) in [6.45, 7) is 5.08. The largest absolute Gasteiger partial charge is 0.330 e. The fourth-order valence-corrected chi connectivity index (χ4v) is 3.51. The van der Waals surface area contributed by atoms with E-state index in [0.29, 0.717) is 5.92 Å². The lowest BCUT2D eigenvalue weighted by atomic mass is 10.1. The van der Waals surface area contributed by atoms with Crippen LogP contribution in [0.3, 0.4) is 0 Å². The molecule has 1 aliphatic rings. The van der Waals surface area contributed by atoms with Gasteiger partial charge in [0.05, 0.1) is 0 Å². The van der Waals surface area contributed by atoms with Gasteiger partial charge in [-0.05, 0) is 55.3 Å². The van der Waals surface area contributed by atoms with E-state index < -0.39 is 0 Å². The van der Waals surface area contributed by atoms with Crippen molar-refractivity contribution in [2.45, 2.75) is 31.2 Å². The van der Waals surface area contributed by atoms with E-state index in [2.05, 4.69) is 37.1 Å². The Bertz CT molecular complexity index is 392. The molecular formula is C15H24N2S. The summed E-state index contributed by atoms with van der Waals surface area (Å²) in [6, 6.07) is 6.97. The van der Waals surface area contributed by atoms with Gasteiger partial charge in [-0.25, -0.2) is 0 Å². The Labute approximate surface area is 115 Å². The van der Waals surface area contributed by atoms with Crippen LogP contribution in [0.1, 0.15) is 24.5 Å². The van der Waals surface area contributed by atoms with E-state index in [-0.39, 0.29) is 0 Å². The maximum atomic E-state index is 5.68. The highest BCUT2D eigenvalue weighted by Crippen LogP contribution is 2.30. The first-order valence-electron chi connectivity index (χ1n) is 6.82. The van der Waals surface area contributed by atoms with Gasteiger partial charge in [-0.15, -0.1) is 11.8 Å². The molecule has 3 heteroatoms. The molecule has 1 aromatic carbocycles. The lowest BCUT2D eigenvalue weighted by Gasteiger charge is -2.22. The van der Waals surface area contributed by atoms with Crippen LogP contribution in [-0.2, 0) is 13.0 Å². The van der Waals surface area contributed by atoms with Crippen LogP contribution in [-0.4, -0.2) is 30.8 Å². The van der Waals surface area contributed by atoms with Crippen LogP contribution in [0.4, 0.5) is 0 Å². The third-order valence-electron chi connectivity index (χ3n) is 3.45. The minimum atomic E-state index is 0.572. The van der Waals surface area contributed by atoms with Crippen LogP contribution in [0.5, 0.6) is 0 Å². The Balaban J connectivity index is 1.97. The zero-order chi connectivity index (χ0) is 13.0. The van der Waals surface area contributed by atoms with Gasteiger partial charge in [0.15, 0.2) is 0 Å². The van der Waals surface area contributed by atoms with Gasteiger partial charge >= 0.3 is 0 Å². The van der Waals surface area contributed by atoms with Gasteiger partial charge in [-0.3, -0.25) is 0 Å². The molecule has 0 radical (unpaired) electrons. The fourth-order valence-electron chi connectivity index (χ4n) is 2.49. The lowest BCUT2D eigenvalue weighted by molar-refractivity contribution is 0.282. The normalized spacial score (nSPS) is 16.7. The van der Waals surface area contributed by atoms with E-state index in [1.165, 1.54) is 29.1 Å². The third-order valence-corrected chi connectivity index (χ3v) is 4.65. The van der Waals surface area contributed by atoms with Crippen molar-refractivity contribution >= 4 is 11.8 Å². The summed E-state index contributed by atoms with van der Waals surface area (Å²) >= 11 is 2.00. The van der Waals surface area contributed by atoms with Crippen molar-refractivity contribution in [2.75, 3.05) is 25.9 Å². The molecule has 1 aromatic rings. The van der Waals surface area contributed by atoms with Crippen LogP contribution in [0.15, 0.2) is 23.1 Å². The molecule has 2 nitrogen and oxygen atoms in total. The van der Waals surface area contributed by atoms with E-state index in [0.717, 1.165) is 19.6 Å². The number of hydrogen-bond donors (Lipinski definition) is 1. The molecule has 2 rings (SSSR count). The Kier molecular flexibility index (Phi) is 5.10. The highest BCUT2D eigenvalue weighted by atomic mass is 32.2. The summed E-state index contributed by atoms with van der Waals surface area (Å²) in [5, 5.41) is 0. The van der Waals surface area contributed by atoms with Crippen molar-refractivity contribution < 1.29 is 0 Å². The lowest BCUT2D eigenvalue weighted by Crippen LogP contribution is -2.28. The second-order valence-corrected chi connectivity index (χ2v) is 6.57. The van der Waals surface area contributed by atoms with E-state index in [1.807, 2.05) is 11.8 Å². The molecule has 0 saturated carbocycles. The van der Waals surface area contributed by atoms with Crippen LogP contribution in [0.2, 0.25) is 0 Å². The number of rotatable bonds is 5. The van der Waals surface area contributed by atoms with Crippen molar-refractivity contribution in [3.8, 4) is 0 Å². The molecular weight excluding hydrogens is 240 g/mol. The maximum Gasteiger partial charge on any atom is 0.0230 e. The molecule has 0 amide bonds. The molecule has 1 atom stereocenters. The van der Waals surface area contributed by atoms with Gasteiger partial charge < -0.3 is 10.6 Å². The second kappa shape index (κ2) is 6.60. The SMILES string of the molecule is CC(CN)CN(C)Cc1ccc2c(c1)CCCS2. The average molecular weight is 264 g/mol. The average Bonchev–Trinajstić information content (AvgIpc) is 2.38. The molecule has 0 bridgehead atoms. The first kappa shape index (κ1) is 13.9. The molecule has 0 saturated heterocycles. The number of hydrogen-bond acceptors (Lipinski definition) is 3. The van der Waals surface area contributed by atoms with Crippen molar-refractivity contribution in [1.82, 2.24) is 4.90 Å². The number of aryl methyl sites for hydroxylation is 1. The number of thioether (sulfide) groups is 1. The van der Waals surface area contributed by atoms with Gasteiger partial charge in [0.25, 0.3) is 0 Å². The summed E-state index contributed by atoms with van der Waals surface area (Å²) in [7, 11) is 2.18. The van der Waals surface area contributed by atoms with Crippen molar-refractivity contribution in [3.63, 3.8) is 0 Å². The van der Waals surface area contributed by atoms with Gasteiger partial charge in [0, 0.05) is 18.0 Å². The quantitative estimate of drug-likeness (QED) is 0.886. The predicted molar refractivity (Wildman–Crippen MR) is 80.0 cm³/mol. The van der Waals surface area contributed by atoms with E-state index in [9.17, 15) is 0 Å². The molecule has 1 heterocycles. The van der Waals surface area contributed by atoms with Gasteiger partial charge in [-0.1, -0.05) is 19.1 Å². The third kappa shape index (κ3) is 3.74. The van der Waals surface area contributed by atoms with Crippen LogP contribution in [0.25, 0.3) is 0 Å². The smallest absolute Gasteiger partial charge is 0.0230 e. The van der Waals surface area contributed by atoms with Crippen LogP contribution < -0.4 is 5.73 Å². The minimum Gasteiger partial charge on any atom is -0.330 e. The summed E-state index contributed by atoms with van der Waals surface area (Å²) < 4.78 is 0. The molecule has 0 aliphatic carbocycles. The summed E-state index contributed by atoms with van der Waals surface area (Å²) in [5.41, 5.74) is 8.65. The maximum absolute atomic E-state index is 5.68. The van der Waals surface area contributed by atoms with E-state index in [1.54, 1.807) is 5.56 Å². The van der Waals surface area contributed by atoms with Crippen LogP contribution in [0, 0.1) is 5.92 Å². The topological polar surface area (TPSA) is 29.3 Å². The Hall–Kier alpha value is -0.510. The molecule has 0 spiro atoms. The Morgan fingerprint density at radius 1 is 1.44 bits per heavy atom. The number of benzene rings is 1. The zero-order valence-electron chi connectivity index (χ0n) is 11.5. The molecule has 0 fully saturated rings. The fraction of sp³-hybridized carbons (Fsp3) is 0.600. The van der Waals surface area contributed by atoms with Gasteiger partial charge in [-0.2, -0.15) is 0 Å². The monoisotopic (exact) mass is 264 g/mol. The highest BCUT2D eigenvalue weighted by molar-refractivity contribution is 7.99. The zero-order valence-corrected chi connectivity index (χ0v) is 12.3. The summed E-state index contributed by atoms with van der Waals surface area (Å²) in [5.74, 6) is 1.85. The summed E-state index contributed by atoms with van der Waals surface area (Å²) in [6.07, 6.45) is 2.57.